The number of anilines is 1. The maximum atomic E-state index is 11.2. The minimum Gasteiger partial charge on any atom is -0.476 e. The Morgan fingerprint density at radius 2 is 2.30 bits per heavy atom. The van der Waals surface area contributed by atoms with Gasteiger partial charge in [-0.2, -0.15) is 0 Å². The van der Waals surface area contributed by atoms with Gasteiger partial charge < -0.3 is 10.4 Å². The average Bonchev–Trinajstić information content (AvgIpc) is 2.91. The van der Waals surface area contributed by atoms with Gasteiger partial charge in [-0.25, -0.2) is 14.8 Å². The van der Waals surface area contributed by atoms with E-state index < -0.39 is 5.97 Å². The molecule has 0 aliphatic carbocycles. The van der Waals surface area contributed by atoms with Crippen LogP contribution in [0.2, 0.25) is 0 Å². The van der Waals surface area contributed by atoms with Crippen molar-refractivity contribution < 1.29 is 9.90 Å². The first-order valence-corrected chi connectivity index (χ1v) is 6.26. The summed E-state index contributed by atoms with van der Waals surface area (Å²) in [5, 5.41) is 19.7. The van der Waals surface area contributed by atoms with Gasteiger partial charge in [0.25, 0.3) is 0 Å². The van der Waals surface area contributed by atoms with Crippen LogP contribution in [0.1, 0.15) is 36.1 Å². The molecule has 8 nitrogen and oxygen atoms in total. The van der Waals surface area contributed by atoms with Gasteiger partial charge in [-0.1, -0.05) is 19.1 Å². The van der Waals surface area contributed by atoms with Crippen LogP contribution in [-0.2, 0) is 6.54 Å². The van der Waals surface area contributed by atoms with Crippen molar-refractivity contribution in [3.8, 4) is 0 Å². The molecule has 0 unspecified atom stereocenters. The number of carbonyl (C=O) groups is 1. The molecule has 20 heavy (non-hydrogen) atoms. The Balaban J connectivity index is 2.08. The summed E-state index contributed by atoms with van der Waals surface area (Å²) in [4.78, 5) is 19.5. The lowest BCUT2D eigenvalue weighted by molar-refractivity contribution is 0.0691. The molecule has 0 spiro atoms. The lowest BCUT2D eigenvalue weighted by Gasteiger charge is -2.11. The molecule has 0 aliphatic heterocycles. The highest BCUT2D eigenvalue weighted by atomic mass is 16.4. The number of nitrogens with zero attached hydrogens (tertiary/aromatic N) is 5. The van der Waals surface area contributed by atoms with Crippen LogP contribution in [-0.4, -0.2) is 42.6 Å². The van der Waals surface area contributed by atoms with Crippen molar-refractivity contribution in [1.29, 1.82) is 0 Å². The van der Waals surface area contributed by atoms with Gasteiger partial charge in [-0.15, -0.1) is 5.10 Å². The van der Waals surface area contributed by atoms with Crippen LogP contribution < -0.4 is 5.32 Å². The topological polar surface area (TPSA) is 106 Å². The predicted molar refractivity (Wildman–Crippen MR) is 71.6 cm³/mol. The largest absolute Gasteiger partial charge is 0.476 e. The van der Waals surface area contributed by atoms with E-state index in [4.69, 9.17) is 0 Å². The SMILES string of the molecule is CC(C)c1ncc(NCCn2ccnn2)c(C(=O)O)n1. The number of carboxylic acid groups (broad SMARTS) is 1. The normalized spacial score (nSPS) is 10.8. The second-order valence-electron chi connectivity index (χ2n) is 4.54. The van der Waals surface area contributed by atoms with Crippen molar-refractivity contribution in [2.24, 2.45) is 0 Å². The number of aromatic carboxylic acids is 1. The third kappa shape index (κ3) is 3.28. The zero-order valence-corrected chi connectivity index (χ0v) is 11.3. The second-order valence-corrected chi connectivity index (χ2v) is 4.54. The van der Waals surface area contributed by atoms with Gasteiger partial charge in [0.1, 0.15) is 5.82 Å². The molecule has 8 heteroatoms. The molecular formula is C12H16N6O2. The Labute approximate surface area is 115 Å². The fourth-order valence-electron chi connectivity index (χ4n) is 1.62. The molecule has 2 heterocycles. The van der Waals surface area contributed by atoms with Crippen LogP contribution in [0.3, 0.4) is 0 Å². The summed E-state index contributed by atoms with van der Waals surface area (Å²) < 4.78 is 1.65. The van der Waals surface area contributed by atoms with Crippen LogP contribution in [0.4, 0.5) is 5.69 Å². The minimum absolute atomic E-state index is 0.0118. The summed E-state index contributed by atoms with van der Waals surface area (Å²) in [6.07, 6.45) is 4.83. The van der Waals surface area contributed by atoms with Crippen LogP contribution >= 0.6 is 0 Å². The fourth-order valence-corrected chi connectivity index (χ4v) is 1.62. The van der Waals surface area contributed by atoms with Crippen LogP contribution in [0, 0.1) is 0 Å². The monoisotopic (exact) mass is 276 g/mol. The zero-order chi connectivity index (χ0) is 14.5. The molecule has 2 aromatic heterocycles. The highest BCUT2D eigenvalue weighted by Crippen LogP contribution is 2.16. The molecule has 0 aromatic carbocycles. The first kappa shape index (κ1) is 13.9. The van der Waals surface area contributed by atoms with Crippen molar-refractivity contribution in [3.63, 3.8) is 0 Å². The number of nitrogens with one attached hydrogen (secondary N) is 1. The van der Waals surface area contributed by atoms with Crippen molar-refractivity contribution in [1.82, 2.24) is 25.0 Å². The van der Waals surface area contributed by atoms with Gasteiger partial charge in [-0.05, 0) is 0 Å². The third-order valence-electron chi connectivity index (χ3n) is 2.65. The van der Waals surface area contributed by atoms with Crippen LogP contribution in [0.25, 0.3) is 0 Å². The first-order chi connectivity index (χ1) is 9.58. The number of hydrogen-bond donors (Lipinski definition) is 2. The van der Waals surface area contributed by atoms with E-state index in [9.17, 15) is 9.90 Å². The molecule has 0 aliphatic rings. The first-order valence-electron chi connectivity index (χ1n) is 6.26. The van der Waals surface area contributed by atoms with E-state index in [1.807, 2.05) is 13.8 Å². The summed E-state index contributed by atoms with van der Waals surface area (Å²) in [5.74, 6) is -0.473. The highest BCUT2D eigenvalue weighted by Gasteiger charge is 2.15. The molecule has 0 saturated heterocycles. The lowest BCUT2D eigenvalue weighted by Crippen LogP contribution is -2.16. The van der Waals surface area contributed by atoms with E-state index in [2.05, 4.69) is 25.6 Å². The second kappa shape index (κ2) is 6.09. The van der Waals surface area contributed by atoms with Crippen molar-refractivity contribution >= 4 is 11.7 Å². The van der Waals surface area contributed by atoms with E-state index in [1.165, 1.54) is 6.20 Å². The summed E-state index contributed by atoms with van der Waals surface area (Å²) in [6, 6.07) is 0. The molecule has 0 atom stereocenters. The molecule has 2 rings (SSSR count). The van der Waals surface area contributed by atoms with Crippen molar-refractivity contribution in [2.75, 3.05) is 11.9 Å². The minimum atomic E-state index is -1.07. The molecule has 0 saturated carbocycles. The zero-order valence-electron chi connectivity index (χ0n) is 11.3. The number of rotatable bonds is 6. The molecule has 0 fully saturated rings. The number of aromatic nitrogens is 5. The van der Waals surface area contributed by atoms with E-state index in [-0.39, 0.29) is 11.6 Å². The Kier molecular flexibility index (Phi) is 4.24. The molecule has 2 N–H and O–H groups in total. The molecular weight excluding hydrogens is 260 g/mol. The smallest absolute Gasteiger partial charge is 0.356 e. The Morgan fingerprint density at radius 3 is 2.90 bits per heavy atom. The third-order valence-corrected chi connectivity index (χ3v) is 2.65. The van der Waals surface area contributed by atoms with Crippen LogP contribution in [0.15, 0.2) is 18.6 Å². The number of hydrogen-bond acceptors (Lipinski definition) is 6. The maximum Gasteiger partial charge on any atom is 0.356 e. The highest BCUT2D eigenvalue weighted by molar-refractivity contribution is 5.91. The molecule has 2 aromatic rings. The average molecular weight is 276 g/mol. The fraction of sp³-hybridized carbons (Fsp3) is 0.417. The standard InChI is InChI=1S/C12H16N6O2/c1-8(2)11-14-7-9(10(16-11)12(19)20)13-3-5-18-6-4-15-17-18/h4,6-8,13H,3,5H2,1-2H3,(H,19,20). The molecule has 0 bridgehead atoms. The Bertz CT molecular complexity index is 582. The van der Waals surface area contributed by atoms with Gasteiger partial charge in [-0.3, -0.25) is 4.68 Å². The molecule has 0 radical (unpaired) electrons. The van der Waals surface area contributed by atoms with E-state index in [0.717, 1.165) is 0 Å². The van der Waals surface area contributed by atoms with Gasteiger partial charge in [0, 0.05) is 18.7 Å². The molecule has 0 amide bonds. The van der Waals surface area contributed by atoms with E-state index in [0.29, 0.717) is 24.6 Å². The van der Waals surface area contributed by atoms with Crippen molar-refractivity contribution in [2.45, 2.75) is 26.3 Å². The summed E-state index contributed by atoms with van der Waals surface area (Å²) in [5.41, 5.74) is 0.393. The van der Waals surface area contributed by atoms with Gasteiger partial charge in [0.05, 0.1) is 24.6 Å². The molecule has 106 valence electrons. The summed E-state index contributed by atoms with van der Waals surface area (Å²) in [6.45, 7) is 4.91. The van der Waals surface area contributed by atoms with E-state index in [1.54, 1.807) is 17.1 Å². The lowest BCUT2D eigenvalue weighted by atomic mass is 10.2. The maximum absolute atomic E-state index is 11.2. The summed E-state index contributed by atoms with van der Waals surface area (Å²) in [7, 11) is 0. The summed E-state index contributed by atoms with van der Waals surface area (Å²) >= 11 is 0. The predicted octanol–water partition coefficient (Wildman–Crippen LogP) is 1.00. The van der Waals surface area contributed by atoms with Crippen LogP contribution in [0.5, 0.6) is 0 Å². The van der Waals surface area contributed by atoms with Gasteiger partial charge >= 0.3 is 5.97 Å². The quantitative estimate of drug-likeness (QED) is 0.810. The number of carboxylic acids is 1. The van der Waals surface area contributed by atoms with E-state index >= 15 is 0 Å². The Morgan fingerprint density at radius 1 is 1.50 bits per heavy atom. The van der Waals surface area contributed by atoms with Gasteiger partial charge in [0.2, 0.25) is 0 Å². The van der Waals surface area contributed by atoms with Gasteiger partial charge in [0.15, 0.2) is 5.69 Å². The van der Waals surface area contributed by atoms with Crippen molar-refractivity contribution in [3.05, 3.63) is 30.1 Å². The Hall–Kier alpha value is -2.51.